The van der Waals surface area contributed by atoms with Gasteiger partial charge in [0, 0.05) is 25.3 Å². The van der Waals surface area contributed by atoms with Crippen molar-refractivity contribution in [1.82, 2.24) is 19.8 Å². The summed E-state index contributed by atoms with van der Waals surface area (Å²) in [7, 11) is -3.11. The van der Waals surface area contributed by atoms with Crippen molar-refractivity contribution >= 4 is 15.7 Å². The highest BCUT2D eigenvalue weighted by molar-refractivity contribution is 7.91. The number of aromatic nitrogens is 2. The second-order valence-corrected chi connectivity index (χ2v) is 8.44. The molecule has 7 nitrogen and oxygen atoms in total. The predicted molar refractivity (Wildman–Crippen MR) is 85.9 cm³/mol. The lowest BCUT2D eigenvalue weighted by Gasteiger charge is -2.43. The normalized spacial score (nSPS) is 27.0. The van der Waals surface area contributed by atoms with Gasteiger partial charge in [-0.05, 0) is 19.9 Å². The van der Waals surface area contributed by atoms with E-state index in [4.69, 9.17) is 0 Å². The molecule has 0 unspecified atom stereocenters. The molecule has 2 aliphatic rings. The van der Waals surface area contributed by atoms with Gasteiger partial charge in [0.25, 0.3) is 5.91 Å². The second-order valence-electron chi connectivity index (χ2n) is 6.29. The zero-order valence-electron chi connectivity index (χ0n) is 13.5. The molecule has 1 amide bonds. The Morgan fingerprint density at radius 1 is 1.22 bits per heavy atom. The van der Waals surface area contributed by atoms with Crippen molar-refractivity contribution < 1.29 is 13.2 Å². The maximum absolute atomic E-state index is 12.7. The molecule has 3 rings (SSSR count). The van der Waals surface area contributed by atoms with Crippen LogP contribution in [0.5, 0.6) is 0 Å². The molecule has 0 aromatic carbocycles. The highest BCUT2D eigenvalue weighted by atomic mass is 32.2. The van der Waals surface area contributed by atoms with Crippen molar-refractivity contribution in [2.75, 3.05) is 31.1 Å². The summed E-state index contributed by atoms with van der Waals surface area (Å²) in [6, 6.07) is -0.382. The van der Waals surface area contributed by atoms with Gasteiger partial charge in [-0.15, -0.1) is 0 Å². The van der Waals surface area contributed by atoms with Crippen molar-refractivity contribution in [2.45, 2.75) is 32.4 Å². The molecule has 0 saturated carbocycles. The standard InChI is InChI=1S/C15H22N4O3S/c1-3-4-18-5-6-19(14-10-23(21,22)9-13(14)18)15(20)12-8-16-11(2)7-17-12/h7-8,13-14H,3-6,9-10H2,1-2H3/t13-,14+/m1/s1. The molecule has 126 valence electrons. The Morgan fingerprint density at radius 3 is 2.61 bits per heavy atom. The first-order valence-corrected chi connectivity index (χ1v) is 9.77. The quantitative estimate of drug-likeness (QED) is 0.778. The maximum Gasteiger partial charge on any atom is 0.274 e. The lowest BCUT2D eigenvalue weighted by atomic mass is 10.0. The molecule has 1 aromatic rings. The van der Waals surface area contributed by atoms with E-state index in [1.807, 2.05) is 6.92 Å². The number of nitrogens with zero attached hydrogens (tertiary/aromatic N) is 4. The van der Waals surface area contributed by atoms with Gasteiger partial charge in [0.2, 0.25) is 0 Å². The Balaban J connectivity index is 1.86. The number of fused-ring (bicyclic) bond motifs is 1. The number of carbonyl (C=O) groups excluding carboxylic acids is 1. The molecule has 0 aliphatic carbocycles. The van der Waals surface area contributed by atoms with Crippen LogP contribution in [0.3, 0.4) is 0 Å². The molecule has 1 aromatic heterocycles. The largest absolute Gasteiger partial charge is 0.330 e. The molecule has 8 heteroatoms. The summed E-state index contributed by atoms with van der Waals surface area (Å²) in [6.45, 7) is 5.99. The van der Waals surface area contributed by atoms with Crippen LogP contribution in [0.2, 0.25) is 0 Å². The molecular formula is C15H22N4O3S. The number of aryl methyl sites for hydroxylation is 1. The summed E-state index contributed by atoms with van der Waals surface area (Å²) in [5.74, 6) is -0.0371. The summed E-state index contributed by atoms with van der Waals surface area (Å²) < 4.78 is 24.2. The van der Waals surface area contributed by atoms with Crippen LogP contribution in [0.1, 0.15) is 29.5 Å². The summed E-state index contributed by atoms with van der Waals surface area (Å²) in [5, 5.41) is 0. The third-order valence-electron chi connectivity index (χ3n) is 4.56. The van der Waals surface area contributed by atoms with E-state index in [2.05, 4.69) is 21.8 Å². The lowest BCUT2D eigenvalue weighted by molar-refractivity contribution is 0.0328. The monoisotopic (exact) mass is 338 g/mol. The molecule has 2 saturated heterocycles. The average Bonchev–Trinajstić information content (AvgIpc) is 2.83. The summed E-state index contributed by atoms with van der Waals surface area (Å²) >= 11 is 0. The zero-order chi connectivity index (χ0) is 16.6. The van der Waals surface area contributed by atoms with Crippen LogP contribution in [0, 0.1) is 6.92 Å². The molecule has 2 aliphatic heterocycles. The van der Waals surface area contributed by atoms with Gasteiger partial charge in [0.05, 0.1) is 29.4 Å². The van der Waals surface area contributed by atoms with Gasteiger partial charge in [-0.25, -0.2) is 13.4 Å². The van der Waals surface area contributed by atoms with Gasteiger partial charge in [0.1, 0.15) is 5.69 Å². The van der Waals surface area contributed by atoms with Crippen molar-refractivity contribution in [3.05, 3.63) is 23.8 Å². The van der Waals surface area contributed by atoms with Crippen LogP contribution in [0.4, 0.5) is 0 Å². The van der Waals surface area contributed by atoms with Gasteiger partial charge in [-0.1, -0.05) is 6.92 Å². The third-order valence-corrected chi connectivity index (χ3v) is 6.26. The topological polar surface area (TPSA) is 83.5 Å². The molecule has 0 N–H and O–H groups in total. The number of rotatable bonds is 3. The van der Waals surface area contributed by atoms with E-state index in [1.165, 1.54) is 6.20 Å². The Kier molecular flexibility index (Phi) is 4.37. The van der Waals surface area contributed by atoms with Crippen LogP contribution in [-0.4, -0.2) is 77.3 Å². The molecule has 2 fully saturated rings. The van der Waals surface area contributed by atoms with Crippen LogP contribution in [0.25, 0.3) is 0 Å². The zero-order valence-corrected chi connectivity index (χ0v) is 14.3. The fourth-order valence-electron chi connectivity index (χ4n) is 3.49. The minimum Gasteiger partial charge on any atom is -0.330 e. The minimum absolute atomic E-state index is 0.0446. The number of carbonyl (C=O) groups is 1. The molecule has 23 heavy (non-hydrogen) atoms. The first kappa shape index (κ1) is 16.3. The van der Waals surface area contributed by atoms with E-state index in [1.54, 1.807) is 11.1 Å². The molecule has 0 radical (unpaired) electrons. The molecule has 0 spiro atoms. The fourth-order valence-corrected chi connectivity index (χ4v) is 5.50. The first-order chi connectivity index (χ1) is 10.9. The van der Waals surface area contributed by atoms with E-state index in [0.29, 0.717) is 13.1 Å². The smallest absolute Gasteiger partial charge is 0.274 e. The number of hydrogen-bond acceptors (Lipinski definition) is 6. The van der Waals surface area contributed by atoms with Gasteiger partial charge >= 0.3 is 0 Å². The van der Waals surface area contributed by atoms with E-state index in [-0.39, 0.29) is 35.2 Å². The highest BCUT2D eigenvalue weighted by Crippen LogP contribution is 2.28. The number of hydrogen-bond donors (Lipinski definition) is 0. The van der Waals surface area contributed by atoms with E-state index in [0.717, 1.165) is 18.7 Å². The van der Waals surface area contributed by atoms with E-state index in [9.17, 15) is 13.2 Å². The van der Waals surface area contributed by atoms with Gasteiger partial charge < -0.3 is 4.90 Å². The summed E-state index contributed by atoms with van der Waals surface area (Å²) in [5.41, 5.74) is 1.03. The molecular weight excluding hydrogens is 316 g/mol. The predicted octanol–water partition coefficient (Wildman–Crippen LogP) is 0.118. The number of piperazine rings is 1. The van der Waals surface area contributed by atoms with Crippen molar-refractivity contribution in [3.8, 4) is 0 Å². The Hall–Kier alpha value is -1.54. The van der Waals surface area contributed by atoms with Gasteiger partial charge in [0.15, 0.2) is 9.84 Å². The van der Waals surface area contributed by atoms with Gasteiger partial charge in [-0.3, -0.25) is 14.7 Å². The summed E-state index contributed by atoms with van der Waals surface area (Å²) in [4.78, 5) is 24.9. The number of amides is 1. The van der Waals surface area contributed by atoms with Crippen LogP contribution < -0.4 is 0 Å². The van der Waals surface area contributed by atoms with E-state index >= 15 is 0 Å². The average molecular weight is 338 g/mol. The van der Waals surface area contributed by atoms with Crippen molar-refractivity contribution in [1.29, 1.82) is 0 Å². The van der Waals surface area contributed by atoms with Crippen LogP contribution in [0.15, 0.2) is 12.4 Å². The molecule has 0 bridgehead atoms. The second kappa shape index (κ2) is 6.16. The van der Waals surface area contributed by atoms with E-state index < -0.39 is 9.84 Å². The minimum atomic E-state index is -3.11. The van der Waals surface area contributed by atoms with Crippen LogP contribution in [-0.2, 0) is 9.84 Å². The highest BCUT2D eigenvalue weighted by Gasteiger charge is 2.48. The SMILES string of the molecule is CCCN1CCN(C(=O)c2cnc(C)cn2)[C@H]2CS(=O)(=O)C[C@H]21. The lowest BCUT2D eigenvalue weighted by Crippen LogP contribution is -2.60. The Bertz CT molecular complexity index is 689. The third kappa shape index (κ3) is 3.23. The molecule has 3 heterocycles. The summed E-state index contributed by atoms with van der Waals surface area (Å²) in [6.07, 6.45) is 4.00. The maximum atomic E-state index is 12.7. The van der Waals surface area contributed by atoms with Gasteiger partial charge in [-0.2, -0.15) is 0 Å². The molecule has 2 atom stereocenters. The Labute approximate surface area is 136 Å². The Morgan fingerprint density at radius 2 is 1.96 bits per heavy atom. The van der Waals surface area contributed by atoms with Crippen molar-refractivity contribution in [2.24, 2.45) is 0 Å². The van der Waals surface area contributed by atoms with Crippen molar-refractivity contribution in [3.63, 3.8) is 0 Å². The first-order valence-electron chi connectivity index (χ1n) is 7.95. The van der Waals surface area contributed by atoms with Crippen LogP contribution >= 0.6 is 0 Å². The fraction of sp³-hybridized carbons (Fsp3) is 0.667. The number of sulfone groups is 1.